The molecule has 0 saturated heterocycles. The SMILES string of the molecule is CC/C=C\C/C=C\C/C=C\C/C=C\C/C=C\CCCCCCCC(=O)NC(COP(=O)([O-])OCC[N+](C)(C)C)C(O)CCCCCCCCCCCCCCCCCCCC. The van der Waals surface area contributed by atoms with Crippen LogP contribution < -0.4 is 10.2 Å². The summed E-state index contributed by atoms with van der Waals surface area (Å²) in [4.78, 5) is 25.4. The molecule has 0 aliphatic carbocycles. The van der Waals surface area contributed by atoms with E-state index in [1.807, 2.05) is 21.1 Å². The molecule has 356 valence electrons. The monoisotopic (exact) mass is 877 g/mol. The molecule has 1 amide bonds. The average Bonchev–Trinajstić information content (AvgIpc) is 3.21. The van der Waals surface area contributed by atoms with Gasteiger partial charge in [-0.25, -0.2) is 0 Å². The molecular weight excluding hydrogens is 780 g/mol. The topological polar surface area (TPSA) is 108 Å². The molecule has 0 aliphatic heterocycles. The molecular formula is C52H97N2O6P. The number of carbonyl (C=O) groups excluding carboxylic acids is 1. The Morgan fingerprint density at radius 1 is 0.590 bits per heavy atom. The standard InChI is InChI=1S/C52H97N2O6P/c1-6-8-10-12-14-16-18-20-22-24-26-27-28-30-32-34-36-38-40-42-44-46-52(56)53-50(49-60-61(57,58)59-48-47-54(3,4)5)51(55)45-43-41-39-37-35-33-31-29-25-23-21-19-17-15-13-11-9-7-2/h8,10,14,16,20,22,26-27,30,32,50-51,55H,6-7,9,11-13,15,17-19,21,23-25,28-29,31,33-49H2,1-5H3,(H-,53,56,57,58)/b10-8-,16-14-,22-20-,27-26-,32-30-. The van der Waals surface area contributed by atoms with Crippen LogP contribution in [-0.2, 0) is 18.4 Å². The van der Waals surface area contributed by atoms with Gasteiger partial charge in [-0.15, -0.1) is 0 Å². The molecule has 0 aromatic carbocycles. The normalized spacial score (nSPS) is 14.7. The van der Waals surface area contributed by atoms with Crippen molar-refractivity contribution in [3.05, 3.63) is 60.8 Å². The molecule has 3 unspecified atom stereocenters. The molecule has 3 atom stereocenters. The number of phosphoric ester groups is 1. The molecule has 61 heavy (non-hydrogen) atoms. The predicted octanol–water partition coefficient (Wildman–Crippen LogP) is 14.0. The van der Waals surface area contributed by atoms with Crippen LogP contribution in [-0.4, -0.2) is 68.5 Å². The van der Waals surface area contributed by atoms with Crippen molar-refractivity contribution in [3.8, 4) is 0 Å². The fraction of sp³-hybridized carbons (Fsp3) is 0.788. The number of nitrogens with zero attached hydrogens (tertiary/aromatic N) is 1. The number of carbonyl (C=O) groups is 1. The van der Waals surface area contributed by atoms with Crippen LogP contribution in [0.5, 0.6) is 0 Å². The fourth-order valence-corrected chi connectivity index (χ4v) is 7.79. The highest BCUT2D eigenvalue weighted by Crippen LogP contribution is 2.38. The van der Waals surface area contributed by atoms with E-state index in [4.69, 9.17) is 9.05 Å². The van der Waals surface area contributed by atoms with E-state index in [-0.39, 0.29) is 19.1 Å². The van der Waals surface area contributed by atoms with Gasteiger partial charge >= 0.3 is 0 Å². The van der Waals surface area contributed by atoms with Crippen LogP contribution >= 0.6 is 7.82 Å². The van der Waals surface area contributed by atoms with E-state index in [1.165, 1.54) is 96.3 Å². The first-order valence-corrected chi connectivity index (χ1v) is 26.6. The largest absolute Gasteiger partial charge is 0.756 e. The van der Waals surface area contributed by atoms with Gasteiger partial charge in [-0.1, -0.05) is 209 Å². The lowest BCUT2D eigenvalue weighted by molar-refractivity contribution is -0.870. The maximum Gasteiger partial charge on any atom is 0.268 e. The van der Waals surface area contributed by atoms with Gasteiger partial charge in [0.1, 0.15) is 13.2 Å². The first-order valence-electron chi connectivity index (χ1n) is 25.1. The molecule has 0 spiro atoms. The quantitative estimate of drug-likeness (QED) is 0.0273. The second-order valence-corrected chi connectivity index (χ2v) is 19.6. The van der Waals surface area contributed by atoms with Crippen molar-refractivity contribution >= 4 is 13.7 Å². The lowest BCUT2D eigenvalue weighted by atomic mass is 10.0. The molecule has 8 nitrogen and oxygen atoms in total. The number of unbranched alkanes of at least 4 members (excludes halogenated alkanes) is 22. The van der Waals surface area contributed by atoms with E-state index >= 15 is 0 Å². The van der Waals surface area contributed by atoms with E-state index in [1.54, 1.807) is 0 Å². The van der Waals surface area contributed by atoms with Gasteiger partial charge in [-0.3, -0.25) is 9.36 Å². The van der Waals surface area contributed by atoms with Crippen LogP contribution in [0.2, 0.25) is 0 Å². The number of hydrogen-bond acceptors (Lipinski definition) is 6. The number of quaternary nitrogens is 1. The van der Waals surface area contributed by atoms with E-state index in [2.05, 4.69) is 79.9 Å². The second kappa shape index (κ2) is 43.5. The maximum atomic E-state index is 12.9. The highest BCUT2D eigenvalue weighted by atomic mass is 31.2. The van der Waals surface area contributed by atoms with E-state index < -0.39 is 20.0 Å². The Labute approximate surface area is 377 Å². The van der Waals surface area contributed by atoms with E-state index in [0.29, 0.717) is 23.9 Å². The van der Waals surface area contributed by atoms with Gasteiger partial charge in [0.25, 0.3) is 7.82 Å². The number of hydrogen-bond donors (Lipinski definition) is 2. The Kier molecular flexibility index (Phi) is 42.2. The van der Waals surface area contributed by atoms with Gasteiger partial charge in [-0.2, -0.15) is 0 Å². The Bertz CT molecular complexity index is 1180. The molecule has 9 heteroatoms. The zero-order valence-electron chi connectivity index (χ0n) is 40.4. The summed E-state index contributed by atoms with van der Waals surface area (Å²) in [6.07, 6.45) is 56.5. The number of phosphoric acid groups is 1. The number of aliphatic hydroxyl groups is 1. The first-order chi connectivity index (χ1) is 29.5. The summed E-state index contributed by atoms with van der Waals surface area (Å²) in [5.41, 5.74) is 0. The Balaban J connectivity index is 4.34. The minimum Gasteiger partial charge on any atom is -0.756 e. The Morgan fingerprint density at radius 2 is 1.00 bits per heavy atom. The summed E-state index contributed by atoms with van der Waals surface area (Å²) in [7, 11) is 1.28. The summed E-state index contributed by atoms with van der Waals surface area (Å²) in [5.74, 6) is -0.184. The smallest absolute Gasteiger partial charge is 0.268 e. The lowest BCUT2D eigenvalue weighted by Crippen LogP contribution is -2.46. The third kappa shape index (κ3) is 46.0. The van der Waals surface area contributed by atoms with Gasteiger partial charge < -0.3 is 28.8 Å². The molecule has 0 rings (SSSR count). The van der Waals surface area contributed by atoms with E-state index in [0.717, 1.165) is 89.9 Å². The average molecular weight is 877 g/mol. The lowest BCUT2D eigenvalue weighted by Gasteiger charge is -2.30. The van der Waals surface area contributed by atoms with Crippen molar-refractivity contribution in [1.82, 2.24) is 5.32 Å². The molecule has 2 N–H and O–H groups in total. The molecule has 0 aromatic rings. The van der Waals surface area contributed by atoms with Crippen LogP contribution in [0.3, 0.4) is 0 Å². The fourth-order valence-electron chi connectivity index (χ4n) is 7.07. The maximum absolute atomic E-state index is 12.9. The van der Waals surface area contributed by atoms with Crippen LogP contribution in [0.15, 0.2) is 60.8 Å². The highest BCUT2D eigenvalue weighted by Gasteiger charge is 2.24. The summed E-state index contributed by atoms with van der Waals surface area (Å²) < 4.78 is 23.3. The summed E-state index contributed by atoms with van der Waals surface area (Å²) in [6.45, 7) is 4.60. The van der Waals surface area contributed by atoms with Crippen molar-refractivity contribution < 1.29 is 32.9 Å². The molecule has 0 aliphatic rings. The number of likely N-dealkylation sites (N-methyl/N-ethyl adjacent to an activating group) is 1. The molecule has 0 bridgehead atoms. The summed E-state index contributed by atoms with van der Waals surface area (Å²) >= 11 is 0. The summed E-state index contributed by atoms with van der Waals surface area (Å²) in [5, 5.41) is 14.0. The zero-order chi connectivity index (χ0) is 45.0. The summed E-state index contributed by atoms with van der Waals surface area (Å²) in [6, 6.07) is -0.814. The molecule has 0 radical (unpaired) electrons. The van der Waals surface area contributed by atoms with Crippen molar-refractivity contribution in [3.63, 3.8) is 0 Å². The molecule has 0 saturated carbocycles. The Morgan fingerprint density at radius 3 is 1.46 bits per heavy atom. The number of aliphatic hydroxyl groups excluding tert-OH is 1. The van der Waals surface area contributed by atoms with E-state index in [9.17, 15) is 19.4 Å². The number of rotatable bonds is 45. The molecule has 0 heterocycles. The van der Waals surface area contributed by atoms with Crippen molar-refractivity contribution in [2.24, 2.45) is 0 Å². The second-order valence-electron chi connectivity index (χ2n) is 18.1. The minimum absolute atomic E-state index is 0.00544. The van der Waals surface area contributed by atoms with Crippen LogP contribution in [0, 0.1) is 0 Å². The van der Waals surface area contributed by atoms with Crippen LogP contribution in [0.1, 0.15) is 213 Å². The van der Waals surface area contributed by atoms with Gasteiger partial charge in [0.2, 0.25) is 5.91 Å². The van der Waals surface area contributed by atoms with Crippen molar-refractivity contribution in [2.45, 2.75) is 225 Å². The van der Waals surface area contributed by atoms with Crippen LogP contribution in [0.4, 0.5) is 0 Å². The van der Waals surface area contributed by atoms with Gasteiger partial charge in [0.15, 0.2) is 0 Å². The first kappa shape index (κ1) is 59.2. The van der Waals surface area contributed by atoms with Crippen LogP contribution in [0.25, 0.3) is 0 Å². The van der Waals surface area contributed by atoms with Crippen molar-refractivity contribution in [2.75, 3.05) is 40.9 Å². The minimum atomic E-state index is -4.58. The number of nitrogens with one attached hydrogen (secondary N) is 1. The van der Waals surface area contributed by atoms with Crippen molar-refractivity contribution in [1.29, 1.82) is 0 Å². The predicted molar refractivity (Wildman–Crippen MR) is 261 cm³/mol. The molecule has 0 fully saturated rings. The third-order valence-electron chi connectivity index (χ3n) is 11.0. The number of allylic oxidation sites excluding steroid dienone is 10. The zero-order valence-corrected chi connectivity index (χ0v) is 41.2. The number of amides is 1. The van der Waals surface area contributed by atoms with Gasteiger partial charge in [0.05, 0.1) is 39.9 Å². The van der Waals surface area contributed by atoms with Gasteiger partial charge in [-0.05, 0) is 57.8 Å². The molecule has 0 aromatic heterocycles. The third-order valence-corrected chi connectivity index (χ3v) is 12.0. The highest BCUT2D eigenvalue weighted by molar-refractivity contribution is 7.45. The van der Waals surface area contributed by atoms with Gasteiger partial charge in [0, 0.05) is 6.42 Å². The Hall–Kier alpha value is -1.80.